The summed E-state index contributed by atoms with van der Waals surface area (Å²) < 4.78 is 0. The molecule has 28 heavy (non-hydrogen) atoms. The van der Waals surface area contributed by atoms with Crippen molar-refractivity contribution >= 4 is 17.7 Å². The highest BCUT2D eigenvalue weighted by atomic mass is 32.2. The smallest absolute Gasteiger partial charge is 0.251 e. The molecule has 0 atom stereocenters. The lowest BCUT2D eigenvalue weighted by molar-refractivity contribution is 0.0934. The van der Waals surface area contributed by atoms with Gasteiger partial charge < -0.3 is 5.32 Å². The van der Waals surface area contributed by atoms with Crippen molar-refractivity contribution in [3.8, 4) is 0 Å². The van der Waals surface area contributed by atoms with Crippen LogP contribution in [0.15, 0.2) is 54.6 Å². The molecule has 0 radical (unpaired) electrons. The molecular weight excluding hydrogens is 366 g/mol. The number of thioether (sulfide) groups is 1. The summed E-state index contributed by atoms with van der Waals surface area (Å²) in [5.74, 6) is 2.15. The molecule has 0 spiro atoms. The van der Waals surface area contributed by atoms with Crippen molar-refractivity contribution in [3.63, 3.8) is 0 Å². The highest BCUT2D eigenvalue weighted by molar-refractivity contribution is 7.98. The van der Waals surface area contributed by atoms with E-state index in [1.165, 1.54) is 11.1 Å². The van der Waals surface area contributed by atoms with Crippen LogP contribution in [-0.4, -0.2) is 60.7 Å². The second-order valence-electron chi connectivity index (χ2n) is 7.19. The molecule has 3 rings (SSSR count). The summed E-state index contributed by atoms with van der Waals surface area (Å²) in [5.41, 5.74) is 3.40. The summed E-state index contributed by atoms with van der Waals surface area (Å²) >= 11 is 1.90. The van der Waals surface area contributed by atoms with Gasteiger partial charge in [0.25, 0.3) is 5.91 Å². The minimum atomic E-state index is 0.0254. The van der Waals surface area contributed by atoms with Crippen molar-refractivity contribution in [3.05, 3.63) is 71.3 Å². The van der Waals surface area contributed by atoms with E-state index in [0.717, 1.165) is 56.3 Å². The number of rotatable bonds is 9. The minimum absolute atomic E-state index is 0.0254. The van der Waals surface area contributed by atoms with Crippen molar-refractivity contribution in [2.45, 2.75) is 19.2 Å². The SMILES string of the molecule is CCSCc1ccc(C(=O)NCCN2CCN(Cc3ccccc3)CC2)cc1. The molecule has 1 heterocycles. The standard InChI is InChI=1S/C23H31N3OS/c1-2-28-19-21-8-10-22(11-9-21)23(27)24-12-13-25-14-16-26(17-15-25)18-20-6-4-3-5-7-20/h3-11H,2,12-19H2,1H3,(H,24,27). The molecule has 1 amide bonds. The first-order valence-corrected chi connectivity index (χ1v) is 11.3. The summed E-state index contributed by atoms with van der Waals surface area (Å²) in [6.45, 7) is 9.09. The molecule has 0 aliphatic carbocycles. The Morgan fingerprint density at radius 2 is 1.61 bits per heavy atom. The van der Waals surface area contributed by atoms with E-state index < -0.39 is 0 Å². The van der Waals surface area contributed by atoms with Gasteiger partial charge in [-0.15, -0.1) is 0 Å². The van der Waals surface area contributed by atoms with Gasteiger partial charge in [0.2, 0.25) is 0 Å². The molecule has 1 fully saturated rings. The van der Waals surface area contributed by atoms with Crippen molar-refractivity contribution in [1.82, 2.24) is 15.1 Å². The molecule has 0 aromatic heterocycles. The number of carbonyl (C=O) groups excluding carboxylic acids is 1. The van der Waals surface area contributed by atoms with Gasteiger partial charge in [-0.05, 0) is 29.0 Å². The molecule has 2 aromatic rings. The fourth-order valence-electron chi connectivity index (χ4n) is 3.41. The Morgan fingerprint density at radius 3 is 2.29 bits per heavy atom. The van der Waals surface area contributed by atoms with E-state index in [4.69, 9.17) is 0 Å². The summed E-state index contributed by atoms with van der Waals surface area (Å²) in [5, 5.41) is 3.06. The topological polar surface area (TPSA) is 35.6 Å². The average molecular weight is 398 g/mol. The molecule has 4 nitrogen and oxygen atoms in total. The van der Waals surface area contributed by atoms with E-state index in [0.29, 0.717) is 6.54 Å². The fourth-order valence-corrected chi connectivity index (χ4v) is 4.05. The van der Waals surface area contributed by atoms with Crippen LogP contribution in [0.1, 0.15) is 28.4 Å². The van der Waals surface area contributed by atoms with Crippen molar-refractivity contribution in [2.75, 3.05) is 45.0 Å². The van der Waals surface area contributed by atoms with Gasteiger partial charge in [0.15, 0.2) is 0 Å². The third-order valence-electron chi connectivity index (χ3n) is 5.12. The first-order chi connectivity index (χ1) is 13.7. The average Bonchev–Trinajstić information content (AvgIpc) is 2.74. The van der Waals surface area contributed by atoms with E-state index in [2.05, 4.69) is 64.5 Å². The second kappa shape index (κ2) is 11.2. The van der Waals surface area contributed by atoms with Crippen LogP contribution < -0.4 is 5.32 Å². The van der Waals surface area contributed by atoms with Crippen LogP contribution in [0.5, 0.6) is 0 Å². The summed E-state index contributed by atoms with van der Waals surface area (Å²) in [6.07, 6.45) is 0. The highest BCUT2D eigenvalue weighted by Crippen LogP contribution is 2.13. The third kappa shape index (κ3) is 6.66. The first-order valence-electron chi connectivity index (χ1n) is 10.2. The lowest BCUT2D eigenvalue weighted by Crippen LogP contribution is -2.48. The number of nitrogens with one attached hydrogen (secondary N) is 1. The monoisotopic (exact) mass is 397 g/mol. The van der Waals surface area contributed by atoms with E-state index >= 15 is 0 Å². The van der Waals surface area contributed by atoms with Gasteiger partial charge in [0.1, 0.15) is 0 Å². The summed E-state index contributed by atoms with van der Waals surface area (Å²) in [4.78, 5) is 17.3. The van der Waals surface area contributed by atoms with Gasteiger partial charge in [0.05, 0.1) is 0 Å². The van der Waals surface area contributed by atoms with Crippen molar-refractivity contribution in [2.24, 2.45) is 0 Å². The van der Waals surface area contributed by atoms with Crippen LogP contribution in [0.4, 0.5) is 0 Å². The molecule has 0 saturated carbocycles. The van der Waals surface area contributed by atoms with Crippen LogP contribution in [-0.2, 0) is 12.3 Å². The Kier molecular flexibility index (Phi) is 8.40. The second-order valence-corrected chi connectivity index (χ2v) is 8.47. The van der Waals surface area contributed by atoms with E-state index in [-0.39, 0.29) is 5.91 Å². The van der Waals surface area contributed by atoms with Gasteiger partial charge in [-0.3, -0.25) is 14.6 Å². The molecule has 1 aliphatic heterocycles. The number of hydrogen-bond donors (Lipinski definition) is 1. The Bertz CT molecular complexity index is 712. The van der Waals surface area contributed by atoms with Gasteiger partial charge in [-0.1, -0.05) is 49.4 Å². The lowest BCUT2D eigenvalue weighted by Gasteiger charge is -2.34. The number of amides is 1. The number of carbonyl (C=O) groups is 1. The first kappa shape index (κ1) is 20.9. The van der Waals surface area contributed by atoms with E-state index in [1.54, 1.807) is 0 Å². The molecule has 0 unspecified atom stereocenters. The minimum Gasteiger partial charge on any atom is -0.351 e. The molecule has 1 aliphatic rings. The lowest BCUT2D eigenvalue weighted by atomic mass is 10.1. The summed E-state index contributed by atoms with van der Waals surface area (Å²) in [6, 6.07) is 18.6. The highest BCUT2D eigenvalue weighted by Gasteiger charge is 2.16. The third-order valence-corrected chi connectivity index (χ3v) is 6.06. The maximum absolute atomic E-state index is 12.3. The zero-order valence-corrected chi connectivity index (χ0v) is 17.6. The predicted molar refractivity (Wildman–Crippen MR) is 119 cm³/mol. The maximum Gasteiger partial charge on any atom is 0.251 e. The van der Waals surface area contributed by atoms with E-state index in [9.17, 15) is 4.79 Å². The van der Waals surface area contributed by atoms with Gasteiger partial charge in [-0.25, -0.2) is 0 Å². The van der Waals surface area contributed by atoms with Crippen LogP contribution >= 0.6 is 11.8 Å². The van der Waals surface area contributed by atoms with Gasteiger partial charge in [0, 0.05) is 57.1 Å². The van der Waals surface area contributed by atoms with Crippen LogP contribution in [0, 0.1) is 0 Å². The number of benzene rings is 2. The Hall–Kier alpha value is -1.82. The number of nitrogens with zero attached hydrogens (tertiary/aromatic N) is 2. The van der Waals surface area contributed by atoms with Crippen molar-refractivity contribution in [1.29, 1.82) is 0 Å². The molecule has 150 valence electrons. The number of hydrogen-bond acceptors (Lipinski definition) is 4. The van der Waals surface area contributed by atoms with Crippen LogP contribution in [0.2, 0.25) is 0 Å². The number of piperazine rings is 1. The van der Waals surface area contributed by atoms with Gasteiger partial charge >= 0.3 is 0 Å². The molecule has 1 N–H and O–H groups in total. The molecule has 5 heteroatoms. The molecule has 2 aromatic carbocycles. The maximum atomic E-state index is 12.3. The predicted octanol–water partition coefficient (Wildman–Crippen LogP) is 3.49. The quantitative estimate of drug-likeness (QED) is 0.703. The zero-order chi connectivity index (χ0) is 19.6. The fraction of sp³-hybridized carbons (Fsp3) is 0.435. The molecular formula is C23H31N3OS. The Balaban J connectivity index is 1.33. The summed E-state index contributed by atoms with van der Waals surface area (Å²) in [7, 11) is 0. The largest absolute Gasteiger partial charge is 0.351 e. The normalized spacial score (nSPS) is 15.5. The van der Waals surface area contributed by atoms with Crippen molar-refractivity contribution < 1.29 is 4.79 Å². The molecule has 0 bridgehead atoms. The Labute approximate surface area is 173 Å². The zero-order valence-electron chi connectivity index (χ0n) is 16.8. The van der Waals surface area contributed by atoms with Gasteiger partial charge in [-0.2, -0.15) is 11.8 Å². The van der Waals surface area contributed by atoms with Crippen LogP contribution in [0.25, 0.3) is 0 Å². The Morgan fingerprint density at radius 1 is 0.929 bits per heavy atom. The molecule has 1 saturated heterocycles. The van der Waals surface area contributed by atoms with E-state index in [1.807, 2.05) is 23.9 Å². The van der Waals surface area contributed by atoms with Crippen LogP contribution in [0.3, 0.4) is 0 Å².